The number of halogens is 1. The monoisotopic (exact) mass is 288 g/mol. The van der Waals surface area contributed by atoms with Gasteiger partial charge in [-0.2, -0.15) is 0 Å². The number of unbranched alkanes of at least 4 members (excludes halogenated alkanes) is 7. The first-order valence-electron chi connectivity index (χ1n) is 7.61. The molecule has 1 rings (SSSR count). The van der Waals surface area contributed by atoms with Gasteiger partial charge in [0, 0.05) is 2.85 Å². The summed E-state index contributed by atoms with van der Waals surface area (Å²) in [6.45, 7) is 3.13. The second-order valence-electron chi connectivity index (χ2n) is 4.86. The fraction of sp³-hybridized carbons (Fsp3) is 0.625. The topological polar surface area (TPSA) is 58.3 Å². The quantitative estimate of drug-likeness (QED) is 0.432. The molecule has 0 heterocycles. The van der Waals surface area contributed by atoms with Gasteiger partial charge in [0.15, 0.2) is 0 Å². The molecule has 0 saturated carbocycles. The van der Waals surface area contributed by atoms with Crippen LogP contribution in [-0.4, -0.2) is 11.8 Å². The lowest BCUT2D eigenvalue weighted by Gasteiger charge is -1.99. The van der Waals surface area contributed by atoms with E-state index in [0.717, 1.165) is 6.54 Å². The first kappa shape index (κ1) is 18.9. The summed E-state index contributed by atoms with van der Waals surface area (Å²) in [5, 5.41) is 8.23. The van der Waals surface area contributed by atoms with E-state index in [1.165, 1.54) is 63.5 Å². The van der Waals surface area contributed by atoms with Crippen LogP contribution in [-0.2, 0) is 0 Å². The van der Waals surface area contributed by atoms with E-state index in [4.69, 9.17) is 10.9 Å². The van der Waals surface area contributed by atoms with Crippen LogP contribution in [0.5, 0.6) is 0 Å². The second-order valence-corrected chi connectivity index (χ2v) is 4.86. The van der Waals surface area contributed by atoms with Gasteiger partial charge in [-0.15, -0.1) is 0 Å². The molecule has 0 aromatic heterocycles. The van der Waals surface area contributed by atoms with E-state index < -0.39 is 5.82 Å². The van der Waals surface area contributed by atoms with Crippen LogP contribution in [0.25, 0.3) is 0 Å². The maximum atomic E-state index is 12.4. The summed E-state index contributed by atoms with van der Waals surface area (Å²) < 4.78 is 12.4. The molecule has 0 aliphatic rings. The number of anilines is 1. The first-order chi connectivity index (χ1) is 9.76. The molecule has 0 saturated heterocycles. The highest BCUT2D eigenvalue weighted by molar-refractivity contribution is 5.41. The zero-order valence-electron chi connectivity index (χ0n) is 12.6. The van der Waals surface area contributed by atoms with Crippen molar-refractivity contribution in [3.63, 3.8) is 0 Å². The Labute approximate surface area is 125 Å². The van der Waals surface area contributed by atoms with Crippen LogP contribution in [0.2, 0.25) is 0 Å². The van der Waals surface area contributed by atoms with Gasteiger partial charge in [-0.1, -0.05) is 64.0 Å². The molecule has 0 fully saturated rings. The van der Waals surface area contributed by atoms with Gasteiger partial charge in [-0.25, -0.2) is 4.39 Å². The van der Waals surface area contributed by atoms with Gasteiger partial charge in [0.2, 0.25) is 0 Å². The van der Waals surface area contributed by atoms with Crippen LogP contribution in [0.1, 0.15) is 61.1 Å². The van der Waals surface area contributed by atoms with Crippen molar-refractivity contribution in [1.29, 1.82) is 0 Å². The summed E-state index contributed by atoms with van der Waals surface area (Å²) in [6.07, 6.45) is 11.0. The van der Waals surface area contributed by atoms with E-state index in [0.29, 0.717) is 0 Å². The molecular weight excluding hydrogens is 255 g/mol. The van der Waals surface area contributed by atoms with Crippen molar-refractivity contribution >= 4 is 5.69 Å². The minimum Gasteiger partial charge on any atom is -0.330 e. The lowest BCUT2D eigenvalue weighted by molar-refractivity contribution is 0.384. The van der Waals surface area contributed by atoms with Crippen LogP contribution in [0, 0.1) is 5.82 Å². The minimum absolute atomic E-state index is 0. The lowest BCUT2D eigenvalue weighted by atomic mass is 10.1. The number of para-hydroxylation sites is 1. The Bertz CT molecular complexity index is 323. The van der Waals surface area contributed by atoms with Crippen molar-refractivity contribution < 1.29 is 12.5 Å². The number of hydrogen-bond donors (Lipinski definition) is 3. The van der Waals surface area contributed by atoms with Crippen molar-refractivity contribution in [3.8, 4) is 0 Å². The van der Waals surface area contributed by atoms with E-state index in [-0.39, 0.29) is 8.54 Å². The van der Waals surface area contributed by atoms with Crippen molar-refractivity contribution in [2.75, 3.05) is 12.0 Å². The van der Waals surface area contributed by atoms with E-state index in [9.17, 15) is 4.39 Å². The second kappa shape index (κ2) is 14.3. The molecular formula is C16H33FN2O. The molecule has 0 unspecified atom stereocenters. The average Bonchev–Trinajstić information content (AvgIpc) is 2.48. The summed E-state index contributed by atoms with van der Waals surface area (Å²) in [6, 6.07) is 5.88. The minimum atomic E-state index is -0.458. The van der Waals surface area contributed by atoms with E-state index in [2.05, 4.69) is 6.92 Å². The number of nitrogens with two attached hydrogens (primary N) is 1. The van der Waals surface area contributed by atoms with Gasteiger partial charge in [0.1, 0.15) is 5.82 Å². The van der Waals surface area contributed by atoms with Crippen molar-refractivity contribution in [3.05, 3.63) is 30.1 Å². The molecule has 120 valence electrons. The Morgan fingerprint density at radius 2 is 1.60 bits per heavy atom. The third-order valence-corrected chi connectivity index (χ3v) is 3.05. The third kappa shape index (κ3) is 10.8. The largest absolute Gasteiger partial charge is 0.330 e. The van der Waals surface area contributed by atoms with Crippen LogP contribution >= 0.6 is 0 Å². The molecule has 1 aromatic rings. The van der Waals surface area contributed by atoms with E-state index >= 15 is 0 Å². The van der Waals surface area contributed by atoms with Crippen LogP contribution in [0.3, 0.4) is 0 Å². The molecule has 0 bridgehead atoms. The Morgan fingerprint density at radius 3 is 2.05 bits per heavy atom. The molecule has 0 atom stereocenters. The van der Waals surface area contributed by atoms with Gasteiger partial charge in [0.25, 0.3) is 0 Å². The zero-order valence-corrected chi connectivity index (χ0v) is 12.6. The number of rotatable bonds is 9. The molecule has 4 heteroatoms. The molecule has 4 N–H and O–H groups in total. The van der Waals surface area contributed by atoms with Gasteiger partial charge in [-0.05, 0) is 25.1 Å². The predicted molar refractivity (Wildman–Crippen MR) is 87.7 cm³/mol. The molecule has 0 spiro atoms. The smallest absolute Gasteiger partial charge is 0.148 e. The Hall–Kier alpha value is -1.13. The van der Waals surface area contributed by atoms with Gasteiger partial charge in [-0.3, -0.25) is 10.7 Å². The highest BCUT2D eigenvalue weighted by Crippen LogP contribution is 2.10. The Kier molecular flexibility index (Phi) is 13.5. The van der Waals surface area contributed by atoms with Crippen LogP contribution in [0.4, 0.5) is 10.1 Å². The van der Waals surface area contributed by atoms with Crippen molar-refractivity contribution in [1.82, 2.24) is 0 Å². The fourth-order valence-electron chi connectivity index (χ4n) is 1.83. The summed E-state index contributed by atoms with van der Waals surface area (Å²) in [5.41, 5.74) is 7.21. The summed E-state index contributed by atoms with van der Waals surface area (Å²) in [5.74, 6) is -0.458. The van der Waals surface area contributed by atoms with E-state index in [1.807, 2.05) is 0 Å². The molecule has 0 aliphatic carbocycles. The molecule has 0 radical (unpaired) electrons. The van der Waals surface area contributed by atoms with Crippen LogP contribution in [0.15, 0.2) is 24.3 Å². The average molecular weight is 288 g/mol. The lowest BCUT2D eigenvalue weighted by Crippen LogP contribution is -1.97. The molecule has 0 amide bonds. The highest BCUT2D eigenvalue weighted by atomic mass is 19.1. The highest BCUT2D eigenvalue weighted by Gasteiger charge is 1.94. The number of nitrogens with one attached hydrogen (secondary N) is 1. The van der Waals surface area contributed by atoms with Crippen LogP contribution < -0.4 is 11.2 Å². The zero-order chi connectivity index (χ0) is 15.1. The summed E-state index contributed by atoms with van der Waals surface area (Å²) in [7, 11) is 0. The first-order valence-corrected chi connectivity index (χ1v) is 7.61. The molecule has 1 aromatic carbocycles. The molecule has 0 aliphatic heterocycles. The third-order valence-electron chi connectivity index (χ3n) is 3.05. The van der Waals surface area contributed by atoms with Gasteiger partial charge < -0.3 is 5.73 Å². The standard InChI is InChI=1S/C10H23N.C6H6FNO.2H2/c1-2-3-4-5-6-7-8-9-10-11;7-5-3-1-2-4-6(5)8-9;;/h2-11H2,1H3;1-4,8-9H;2*1H. The number of hydrogen-bond acceptors (Lipinski definition) is 3. The summed E-state index contributed by atoms with van der Waals surface area (Å²) in [4.78, 5) is 0. The van der Waals surface area contributed by atoms with Gasteiger partial charge >= 0.3 is 0 Å². The Balaban J connectivity index is -0.000000304. The van der Waals surface area contributed by atoms with E-state index in [1.54, 1.807) is 17.6 Å². The van der Waals surface area contributed by atoms with Crippen molar-refractivity contribution in [2.45, 2.75) is 58.3 Å². The SMILES string of the molecule is CCCCCCCCCCN.ONc1ccccc1F.[HH].[HH]. The predicted octanol–water partition coefficient (Wildman–Crippen LogP) is 5.20. The van der Waals surface area contributed by atoms with Gasteiger partial charge in [0.05, 0.1) is 5.69 Å². The molecule has 3 nitrogen and oxygen atoms in total. The maximum absolute atomic E-state index is 12.4. The summed E-state index contributed by atoms with van der Waals surface area (Å²) >= 11 is 0. The molecule has 20 heavy (non-hydrogen) atoms. The Morgan fingerprint density at radius 1 is 1.05 bits per heavy atom. The maximum Gasteiger partial charge on any atom is 0.148 e. The fourth-order valence-corrected chi connectivity index (χ4v) is 1.83. The number of benzene rings is 1. The normalized spacial score (nSPS) is 9.80. The van der Waals surface area contributed by atoms with Crippen molar-refractivity contribution in [2.24, 2.45) is 5.73 Å².